The van der Waals surface area contributed by atoms with Gasteiger partial charge in [0.1, 0.15) is 5.92 Å². The van der Waals surface area contributed by atoms with E-state index >= 15 is 0 Å². The summed E-state index contributed by atoms with van der Waals surface area (Å²) in [5.74, 6) is -3.32. The van der Waals surface area contributed by atoms with Crippen molar-refractivity contribution in [2.24, 2.45) is 27.2 Å². The van der Waals surface area contributed by atoms with Gasteiger partial charge in [-0.05, 0) is 81.8 Å². The third-order valence-electron chi connectivity index (χ3n) is 7.72. The van der Waals surface area contributed by atoms with Gasteiger partial charge in [0.05, 0.1) is 5.57 Å². The monoisotopic (exact) mass is 536 g/mol. The van der Waals surface area contributed by atoms with Gasteiger partial charge in [-0.3, -0.25) is 20.1 Å². The fourth-order valence-corrected chi connectivity index (χ4v) is 5.61. The second-order valence-electron chi connectivity index (χ2n) is 11.4. The highest BCUT2D eigenvalue weighted by Crippen LogP contribution is 2.40. The molecule has 0 radical (unpaired) electrons. The van der Waals surface area contributed by atoms with E-state index in [-0.39, 0.29) is 17.2 Å². The lowest BCUT2D eigenvalue weighted by molar-refractivity contribution is -0.140. The summed E-state index contributed by atoms with van der Waals surface area (Å²) in [6.07, 6.45) is 5.17. The van der Waals surface area contributed by atoms with Crippen LogP contribution in [0.25, 0.3) is 0 Å². The molecule has 2 aliphatic heterocycles. The maximum absolute atomic E-state index is 12.1. The van der Waals surface area contributed by atoms with E-state index in [0.717, 1.165) is 32.0 Å². The Morgan fingerprint density at radius 2 is 1.90 bits per heavy atom. The number of likely N-dealkylation sites (tertiary alicyclic amines) is 1. The van der Waals surface area contributed by atoms with E-state index < -0.39 is 23.8 Å². The fraction of sp³-hybridized carbons (Fsp3) is 0.552. The van der Waals surface area contributed by atoms with Crippen molar-refractivity contribution < 1.29 is 19.8 Å². The largest absolute Gasteiger partial charge is 0.481 e. The molecular formula is C29H40N6O4. The SMILES string of the molecule is CC1=NC(C)=C(C(=O)O)C(c2cccc(NC(=NCCCN3CCC(C(C)(C)C)CC3)NC#N)c2)C1C(=O)O. The molecule has 1 fully saturated rings. The zero-order chi connectivity index (χ0) is 28.7. The highest BCUT2D eigenvalue weighted by molar-refractivity contribution is 6.06. The Kier molecular flexibility index (Phi) is 9.86. The summed E-state index contributed by atoms with van der Waals surface area (Å²) in [5, 5.41) is 34.7. The number of hydrogen-bond acceptors (Lipinski definition) is 6. The summed E-state index contributed by atoms with van der Waals surface area (Å²) in [7, 11) is 0. The third-order valence-corrected chi connectivity index (χ3v) is 7.72. The number of nitriles is 1. The minimum atomic E-state index is -1.20. The lowest BCUT2D eigenvalue weighted by atomic mass is 9.75. The molecule has 2 aliphatic rings. The number of hydrogen-bond donors (Lipinski definition) is 4. The summed E-state index contributed by atoms with van der Waals surface area (Å²) < 4.78 is 0. The van der Waals surface area contributed by atoms with Gasteiger partial charge in [0, 0.05) is 29.6 Å². The van der Waals surface area contributed by atoms with Crippen molar-refractivity contribution in [2.45, 2.75) is 59.8 Å². The van der Waals surface area contributed by atoms with Gasteiger partial charge >= 0.3 is 11.9 Å². The minimum Gasteiger partial charge on any atom is -0.481 e. The van der Waals surface area contributed by atoms with Crippen LogP contribution in [0.5, 0.6) is 0 Å². The fourth-order valence-electron chi connectivity index (χ4n) is 5.61. The number of allylic oxidation sites excluding steroid dienone is 1. The Labute approximate surface area is 230 Å². The van der Waals surface area contributed by atoms with E-state index in [1.807, 2.05) is 6.19 Å². The normalized spacial score (nSPS) is 21.2. The molecule has 1 aromatic rings. The number of aliphatic imine (C=N–C) groups is 2. The maximum atomic E-state index is 12.1. The number of aliphatic carboxylic acids is 2. The topological polar surface area (TPSA) is 150 Å². The first-order chi connectivity index (χ1) is 18.4. The Balaban J connectivity index is 1.69. The number of benzene rings is 1. The molecule has 0 bridgehead atoms. The Hall–Kier alpha value is -3.71. The van der Waals surface area contributed by atoms with Crippen LogP contribution >= 0.6 is 0 Å². The number of nitrogens with zero attached hydrogens (tertiary/aromatic N) is 4. The highest BCUT2D eigenvalue weighted by Gasteiger charge is 2.41. The smallest absolute Gasteiger partial charge is 0.334 e. The average molecular weight is 537 g/mol. The van der Waals surface area contributed by atoms with E-state index in [9.17, 15) is 25.1 Å². The molecule has 3 rings (SSSR count). The van der Waals surface area contributed by atoms with Gasteiger partial charge < -0.3 is 20.4 Å². The van der Waals surface area contributed by atoms with E-state index in [2.05, 4.69) is 46.3 Å². The van der Waals surface area contributed by atoms with Crippen LogP contribution in [0.3, 0.4) is 0 Å². The zero-order valence-corrected chi connectivity index (χ0v) is 23.5. The number of piperidine rings is 1. The zero-order valence-electron chi connectivity index (χ0n) is 23.5. The quantitative estimate of drug-likeness (QED) is 0.126. The number of carboxylic acid groups (broad SMARTS) is 2. The van der Waals surface area contributed by atoms with Crippen molar-refractivity contribution in [3.8, 4) is 6.19 Å². The number of carboxylic acids is 2. The first kappa shape index (κ1) is 29.8. The molecular weight excluding hydrogens is 496 g/mol. The third kappa shape index (κ3) is 7.67. The van der Waals surface area contributed by atoms with Gasteiger partial charge in [0.15, 0.2) is 6.19 Å². The van der Waals surface area contributed by atoms with Crippen LogP contribution in [-0.2, 0) is 9.59 Å². The predicted molar refractivity (Wildman–Crippen MR) is 152 cm³/mol. The number of carbonyl (C=O) groups is 2. The lowest BCUT2D eigenvalue weighted by Crippen LogP contribution is -2.38. The molecule has 39 heavy (non-hydrogen) atoms. The molecule has 0 amide bonds. The molecule has 2 unspecified atom stereocenters. The molecule has 4 N–H and O–H groups in total. The summed E-state index contributed by atoms with van der Waals surface area (Å²) in [5.41, 5.74) is 2.03. The van der Waals surface area contributed by atoms with Crippen LogP contribution in [0.4, 0.5) is 5.69 Å². The van der Waals surface area contributed by atoms with Crippen molar-refractivity contribution in [2.75, 3.05) is 31.5 Å². The minimum absolute atomic E-state index is 0.0410. The molecule has 10 heteroatoms. The van der Waals surface area contributed by atoms with Crippen molar-refractivity contribution in [3.05, 3.63) is 41.1 Å². The maximum Gasteiger partial charge on any atom is 0.334 e. The van der Waals surface area contributed by atoms with Crippen LogP contribution in [0.1, 0.15) is 65.4 Å². The van der Waals surface area contributed by atoms with Gasteiger partial charge in [-0.25, -0.2) is 4.79 Å². The molecule has 0 spiro atoms. The number of anilines is 1. The van der Waals surface area contributed by atoms with Gasteiger partial charge in [0.2, 0.25) is 5.96 Å². The molecule has 0 saturated carbocycles. The molecule has 0 aliphatic carbocycles. The predicted octanol–water partition coefficient (Wildman–Crippen LogP) is 4.29. The Morgan fingerprint density at radius 3 is 2.49 bits per heavy atom. The molecule has 0 aromatic heterocycles. The Morgan fingerprint density at radius 1 is 1.21 bits per heavy atom. The van der Waals surface area contributed by atoms with Gasteiger partial charge in [-0.2, -0.15) is 5.26 Å². The Bertz CT molecular complexity index is 1200. The lowest BCUT2D eigenvalue weighted by Gasteiger charge is -2.38. The van der Waals surface area contributed by atoms with Crippen LogP contribution in [0, 0.1) is 28.7 Å². The van der Waals surface area contributed by atoms with Crippen molar-refractivity contribution in [3.63, 3.8) is 0 Å². The number of rotatable bonds is 8. The van der Waals surface area contributed by atoms with Crippen LogP contribution < -0.4 is 10.6 Å². The van der Waals surface area contributed by atoms with Crippen molar-refractivity contribution >= 4 is 29.3 Å². The summed E-state index contributed by atoms with van der Waals surface area (Å²) in [6.45, 7) is 13.8. The van der Waals surface area contributed by atoms with Gasteiger partial charge in [-0.15, -0.1) is 0 Å². The molecule has 2 atom stereocenters. The first-order valence-electron chi connectivity index (χ1n) is 13.4. The van der Waals surface area contributed by atoms with Gasteiger partial charge in [0.25, 0.3) is 0 Å². The van der Waals surface area contributed by atoms with E-state index in [4.69, 9.17) is 0 Å². The highest BCUT2D eigenvalue weighted by atomic mass is 16.4. The van der Waals surface area contributed by atoms with E-state index in [1.54, 1.807) is 38.1 Å². The average Bonchev–Trinajstić information content (AvgIpc) is 2.85. The molecule has 10 nitrogen and oxygen atoms in total. The standard InChI is InChI=1S/C29H40N6O4/c1-18-23(26(36)37)25(24(27(38)39)19(2)33-18)20-8-6-9-22(16-20)34-28(32-17-30)31-12-7-13-35-14-10-21(11-15-35)29(3,4)5/h6,8-9,16,21,23,25H,7,10-15H2,1-5H3,(H,36,37)(H,38,39)(H2,31,32,34). The van der Waals surface area contributed by atoms with Crippen molar-refractivity contribution in [1.82, 2.24) is 10.2 Å². The summed E-state index contributed by atoms with van der Waals surface area (Å²) >= 11 is 0. The van der Waals surface area contributed by atoms with Crippen LogP contribution in [0.2, 0.25) is 0 Å². The van der Waals surface area contributed by atoms with Gasteiger partial charge in [-0.1, -0.05) is 32.9 Å². The second kappa shape index (κ2) is 12.9. The second-order valence-corrected chi connectivity index (χ2v) is 11.4. The summed E-state index contributed by atoms with van der Waals surface area (Å²) in [4.78, 5) is 35.4. The van der Waals surface area contributed by atoms with E-state index in [0.29, 0.717) is 28.9 Å². The van der Waals surface area contributed by atoms with E-state index in [1.165, 1.54) is 12.8 Å². The first-order valence-corrected chi connectivity index (χ1v) is 13.4. The molecule has 210 valence electrons. The molecule has 1 saturated heterocycles. The molecule has 2 heterocycles. The number of nitrogens with one attached hydrogen (secondary N) is 2. The molecule has 1 aromatic carbocycles. The number of guanidine groups is 1. The van der Waals surface area contributed by atoms with Crippen LogP contribution in [-0.4, -0.2) is 64.9 Å². The summed E-state index contributed by atoms with van der Waals surface area (Å²) in [6, 6.07) is 6.88. The van der Waals surface area contributed by atoms with Crippen LogP contribution in [0.15, 0.2) is 45.5 Å². The van der Waals surface area contributed by atoms with Crippen molar-refractivity contribution in [1.29, 1.82) is 5.26 Å².